The molecule has 0 aliphatic heterocycles. The Hall–Kier alpha value is -2.43. The number of halogens is 2. The van der Waals surface area contributed by atoms with Crippen molar-refractivity contribution in [3.63, 3.8) is 0 Å². The maximum absolute atomic E-state index is 13.5. The Morgan fingerprint density at radius 1 is 1.05 bits per heavy atom. The van der Waals surface area contributed by atoms with Gasteiger partial charge in [-0.1, -0.05) is 12.1 Å². The number of carbonyl (C=O) groups is 1. The van der Waals surface area contributed by atoms with Crippen LogP contribution >= 0.6 is 0 Å². The number of ether oxygens (including phenoxy) is 1. The van der Waals surface area contributed by atoms with Crippen molar-refractivity contribution < 1.29 is 23.4 Å². The third-order valence-corrected chi connectivity index (χ3v) is 2.65. The summed E-state index contributed by atoms with van der Waals surface area (Å²) < 4.78 is 31.2. The number of carbonyl (C=O) groups excluding carboxylic acids is 1. The van der Waals surface area contributed by atoms with Crippen molar-refractivity contribution in [1.29, 1.82) is 0 Å². The number of rotatable bonds is 2. The topological polar surface area (TPSA) is 46.5 Å². The first-order chi connectivity index (χ1) is 9.02. The minimum Gasteiger partial charge on any atom is -0.505 e. The van der Waals surface area contributed by atoms with E-state index < -0.39 is 23.4 Å². The maximum atomic E-state index is 13.5. The largest absolute Gasteiger partial charge is 0.505 e. The van der Waals surface area contributed by atoms with Crippen molar-refractivity contribution in [1.82, 2.24) is 0 Å². The molecule has 19 heavy (non-hydrogen) atoms. The lowest BCUT2D eigenvalue weighted by molar-refractivity contribution is 0.0595. The van der Waals surface area contributed by atoms with Gasteiger partial charge in [0, 0.05) is 0 Å². The second kappa shape index (κ2) is 5.06. The first-order valence-corrected chi connectivity index (χ1v) is 5.39. The number of phenolic OH excluding ortho intramolecular Hbond substituents is 1. The van der Waals surface area contributed by atoms with E-state index in [0.29, 0.717) is 11.1 Å². The number of benzene rings is 2. The summed E-state index contributed by atoms with van der Waals surface area (Å²) in [6, 6.07) is 7.54. The van der Waals surface area contributed by atoms with Gasteiger partial charge < -0.3 is 9.84 Å². The van der Waals surface area contributed by atoms with Gasteiger partial charge in [-0.2, -0.15) is 0 Å². The number of hydrogen-bond acceptors (Lipinski definition) is 3. The van der Waals surface area contributed by atoms with Crippen LogP contribution in [0.1, 0.15) is 10.4 Å². The van der Waals surface area contributed by atoms with Gasteiger partial charge >= 0.3 is 5.97 Å². The molecule has 0 amide bonds. The third kappa shape index (κ3) is 2.54. The molecule has 0 atom stereocenters. The van der Waals surface area contributed by atoms with Crippen LogP contribution in [0.5, 0.6) is 5.75 Å². The smallest absolute Gasteiger partial charge is 0.340 e. The molecule has 0 spiro atoms. The van der Waals surface area contributed by atoms with Crippen molar-refractivity contribution in [3.05, 3.63) is 53.6 Å². The van der Waals surface area contributed by atoms with Crippen LogP contribution < -0.4 is 0 Å². The molecule has 0 heterocycles. The lowest BCUT2D eigenvalue weighted by atomic mass is 10.0. The van der Waals surface area contributed by atoms with Crippen molar-refractivity contribution >= 4 is 5.97 Å². The number of hydrogen-bond donors (Lipinski definition) is 1. The van der Waals surface area contributed by atoms with E-state index in [1.807, 2.05) is 0 Å². The lowest BCUT2D eigenvalue weighted by Crippen LogP contribution is -2.04. The van der Waals surface area contributed by atoms with Gasteiger partial charge in [-0.05, 0) is 35.4 Å². The standard InChI is InChI=1S/C14H10F2O3/c1-19-14(18)10-6-8(2-4-11(10)15)9-3-5-13(17)12(16)7-9/h2-7,17H,1H3. The fourth-order valence-corrected chi connectivity index (χ4v) is 1.66. The lowest BCUT2D eigenvalue weighted by Gasteiger charge is -2.06. The number of phenols is 1. The Bertz CT molecular complexity index is 639. The zero-order chi connectivity index (χ0) is 14.0. The quantitative estimate of drug-likeness (QED) is 0.848. The zero-order valence-corrected chi connectivity index (χ0v) is 9.98. The Labute approximate surface area is 108 Å². The summed E-state index contributed by atoms with van der Waals surface area (Å²) in [4.78, 5) is 11.4. The molecule has 1 N–H and O–H groups in total. The molecule has 2 aromatic carbocycles. The molecule has 0 radical (unpaired) electrons. The fraction of sp³-hybridized carbons (Fsp3) is 0.0714. The first-order valence-electron chi connectivity index (χ1n) is 5.39. The van der Waals surface area contributed by atoms with Crippen molar-refractivity contribution in [2.45, 2.75) is 0 Å². The number of methoxy groups -OCH3 is 1. The molecular formula is C14H10F2O3. The Kier molecular flexibility index (Phi) is 3.46. The minimum atomic E-state index is -0.807. The molecule has 0 fully saturated rings. The molecule has 0 bridgehead atoms. The maximum Gasteiger partial charge on any atom is 0.340 e. The molecule has 0 saturated carbocycles. The van der Waals surface area contributed by atoms with Crippen LogP contribution in [0, 0.1) is 11.6 Å². The second-order valence-corrected chi connectivity index (χ2v) is 3.85. The molecule has 2 rings (SSSR count). The number of aromatic hydroxyl groups is 1. The van der Waals surface area contributed by atoms with Crippen LogP contribution in [0.2, 0.25) is 0 Å². The summed E-state index contributed by atoms with van der Waals surface area (Å²) in [5.41, 5.74) is 0.634. The van der Waals surface area contributed by atoms with E-state index in [4.69, 9.17) is 5.11 Å². The Morgan fingerprint density at radius 2 is 1.68 bits per heavy atom. The molecule has 2 aromatic rings. The van der Waals surface area contributed by atoms with E-state index in [9.17, 15) is 13.6 Å². The van der Waals surface area contributed by atoms with Crippen LogP contribution in [0.4, 0.5) is 8.78 Å². The molecule has 0 aliphatic rings. The molecule has 3 nitrogen and oxygen atoms in total. The molecule has 98 valence electrons. The normalized spacial score (nSPS) is 10.3. The van der Waals surface area contributed by atoms with Gasteiger partial charge in [0.2, 0.25) is 0 Å². The minimum absolute atomic E-state index is 0.228. The van der Waals surface area contributed by atoms with E-state index in [1.54, 1.807) is 0 Å². The Balaban J connectivity index is 2.51. The summed E-state index contributed by atoms with van der Waals surface area (Å²) >= 11 is 0. The highest BCUT2D eigenvalue weighted by Gasteiger charge is 2.14. The van der Waals surface area contributed by atoms with Crippen LogP contribution in [0.25, 0.3) is 11.1 Å². The Morgan fingerprint density at radius 3 is 2.32 bits per heavy atom. The van der Waals surface area contributed by atoms with Crippen molar-refractivity contribution in [3.8, 4) is 16.9 Å². The summed E-state index contributed by atoms with van der Waals surface area (Å²) in [6.07, 6.45) is 0. The van der Waals surface area contributed by atoms with Gasteiger partial charge in [-0.3, -0.25) is 0 Å². The average molecular weight is 264 g/mol. The number of esters is 1. The molecular weight excluding hydrogens is 254 g/mol. The van der Waals surface area contributed by atoms with E-state index in [0.717, 1.165) is 19.2 Å². The molecule has 0 aromatic heterocycles. The zero-order valence-electron chi connectivity index (χ0n) is 9.98. The average Bonchev–Trinajstić information content (AvgIpc) is 2.41. The van der Waals surface area contributed by atoms with Crippen molar-refractivity contribution in [2.75, 3.05) is 7.11 Å². The van der Waals surface area contributed by atoms with Gasteiger partial charge in [0.15, 0.2) is 11.6 Å². The first kappa shape index (κ1) is 13.0. The second-order valence-electron chi connectivity index (χ2n) is 3.85. The monoisotopic (exact) mass is 264 g/mol. The van der Waals surface area contributed by atoms with Crippen molar-refractivity contribution in [2.24, 2.45) is 0 Å². The van der Waals surface area contributed by atoms with E-state index in [-0.39, 0.29) is 5.56 Å². The van der Waals surface area contributed by atoms with Crippen LogP contribution in [0.15, 0.2) is 36.4 Å². The highest BCUT2D eigenvalue weighted by atomic mass is 19.1. The van der Waals surface area contributed by atoms with Crippen LogP contribution in [-0.4, -0.2) is 18.2 Å². The fourth-order valence-electron chi connectivity index (χ4n) is 1.66. The van der Waals surface area contributed by atoms with Gasteiger partial charge in [0.1, 0.15) is 5.82 Å². The van der Waals surface area contributed by atoms with Gasteiger partial charge in [-0.15, -0.1) is 0 Å². The van der Waals surface area contributed by atoms with Crippen LogP contribution in [0.3, 0.4) is 0 Å². The molecule has 0 unspecified atom stereocenters. The summed E-state index contributed by atoms with van der Waals surface area (Å²) in [5, 5.41) is 9.11. The summed E-state index contributed by atoms with van der Waals surface area (Å²) in [7, 11) is 1.15. The molecule has 0 aliphatic carbocycles. The van der Waals surface area contributed by atoms with Crippen LogP contribution in [-0.2, 0) is 4.74 Å². The highest BCUT2D eigenvalue weighted by molar-refractivity contribution is 5.91. The van der Waals surface area contributed by atoms with E-state index >= 15 is 0 Å². The predicted octanol–water partition coefficient (Wildman–Crippen LogP) is 3.12. The predicted molar refractivity (Wildman–Crippen MR) is 64.8 cm³/mol. The summed E-state index contributed by atoms with van der Waals surface area (Å²) in [6.45, 7) is 0. The summed E-state index contributed by atoms with van der Waals surface area (Å²) in [5.74, 6) is -2.78. The van der Waals surface area contributed by atoms with Gasteiger partial charge in [-0.25, -0.2) is 13.6 Å². The van der Waals surface area contributed by atoms with Gasteiger partial charge in [0.25, 0.3) is 0 Å². The molecule has 0 saturated heterocycles. The molecule has 5 heteroatoms. The van der Waals surface area contributed by atoms with E-state index in [2.05, 4.69) is 4.74 Å². The van der Waals surface area contributed by atoms with E-state index in [1.165, 1.54) is 24.3 Å². The SMILES string of the molecule is COC(=O)c1cc(-c2ccc(O)c(F)c2)ccc1F. The highest BCUT2D eigenvalue weighted by Crippen LogP contribution is 2.26. The van der Waals surface area contributed by atoms with Gasteiger partial charge in [0.05, 0.1) is 12.7 Å². The third-order valence-electron chi connectivity index (χ3n) is 2.65.